The summed E-state index contributed by atoms with van der Waals surface area (Å²) in [4.78, 5) is 14.5. The monoisotopic (exact) mass is 549 g/mol. The van der Waals surface area contributed by atoms with Gasteiger partial charge in [0, 0.05) is 31.4 Å². The fourth-order valence-corrected chi connectivity index (χ4v) is 6.20. The highest BCUT2D eigenvalue weighted by atomic mass is 16.7. The topological polar surface area (TPSA) is 68.2 Å². The molecular weight excluding hydrogens is 502 g/mol. The van der Waals surface area contributed by atoms with Crippen molar-refractivity contribution in [2.45, 2.75) is 96.4 Å². The van der Waals surface area contributed by atoms with Gasteiger partial charge in [-0.1, -0.05) is 73.2 Å². The van der Waals surface area contributed by atoms with E-state index in [4.69, 9.17) is 14.2 Å². The summed E-state index contributed by atoms with van der Waals surface area (Å²) in [5.41, 5.74) is 3.57. The SMILES string of the molecule is CCOC(C)OC(=O)CCC=CCC[C@@H]1[C@@H](N2CCCCC2)[C@@H](O)C[C@@H]1OCc1ccc(-c2ccccc2)cc1. The lowest BCUT2D eigenvalue weighted by Gasteiger charge is -2.38. The molecule has 2 aromatic carbocycles. The van der Waals surface area contributed by atoms with Crippen LogP contribution < -0.4 is 0 Å². The molecule has 1 aliphatic heterocycles. The van der Waals surface area contributed by atoms with Gasteiger partial charge in [-0.25, -0.2) is 0 Å². The summed E-state index contributed by atoms with van der Waals surface area (Å²) < 4.78 is 17.0. The number of hydrogen-bond donors (Lipinski definition) is 1. The van der Waals surface area contributed by atoms with Gasteiger partial charge in [-0.2, -0.15) is 0 Å². The largest absolute Gasteiger partial charge is 0.436 e. The third kappa shape index (κ3) is 9.00. The van der Waals surface area contributed by atoms with Crippen LogP contribution in [0.5, 0.6) is 0 Å². The first kappa shape index (κ1) is 30.4. The Morgan fingerprint density at radius 2 is 1.70 bits per heavy atom. The highest BCUT2D eigenvalue weighted by Crippen LogP contribution is 2.38. The molecule has 1 aliphatic carbocycles. The number of aliphatic hydroxyl groups excluding tert-OH is 1. The molecular formula is C34H47NO5. The van der Waals surface area contributed by atoms with E-state index in [0.29, 0.717) is 32.5 Å². The van der Waals surface area contributed by atoms with Gasteiger partial charge in [-0.3, -0.25) is 9.69 Å². The number of benzene rings is 2. The average Bonchev–Trinajstić information content (AvgIpc) is 3.29. The third-order valence-electron chi connectivity index (χ3n) is 8.17. The number of aliphatic hydroxyl groups is 1. The highest BCUT2D eigenvalue weighted by molar-refractivity contribution is 5.69. The zero-order valence-corrected chi connectivity index (χ0v) is 24.3. The number of allylic oxidation sites excluding steroid dienone is 2. The number of carbonyl (C=O) groups is 1. The maximum absolute atomic E-state index is 12.0. The van der Waals surface area contributed by atoms with E-state index < -0.39 is 6.29 Å². The molecule has 40 heavy (non-hydrogen) atoms. The van der Waals surface area contributed by atoms with Crippen LogP contribution in [0.15, 0.2) is 66.7 Å². The fraction of sp³-hybridized carbons (Fsp3) is 0.559. The maximum Gasteiger partial charge on any atom is 0.308 e. The van der Waals surface area contributed by atoms with Crippen LogP contribution in [0.2, 0.25) is 0 Å². The standard InChI is InChI=1S/C34H47NO5/c1-3-38-26(2)40-33(37)17-11-5-4-10-16-30-32(24-31(36)34(30)35-22-12-7-13-23-35)39-25-27-18-20-29(21-19-27)28-14-8-6-9-15-28/h4-6,8-9,14-15,18-21,26,30-32,34,36H,3,7,10-13,16-17,22-25H2,1-2H3/t26?,30-,31-,32-,34+/m0/s1. The van der Waals surface area contributed by atoms with Crippen LogP contribution in [0.3, 0.4) is 0 Å². The molecule has 2 aliphatic rings. The van der Waals surface area contributed by atoms with Crippen LogP contribution in [0.4, 0.5) is 0 Å². The van der Waals surface area contributed by atoms with Crippen LogP contribution in [0, 0.1) is 5.92 Å². The average molecular weight is 550 g/mol. The van der Waals surface area contributed by atoms with E-state index in [1.165, 1.54) is 30.4 Å². The van der Waals surface area contributed by atoms with Crippen molar-refractivity contribution in [3.8, 4) is 11.1 Å². The number of nitrogens with zero attached hydrogens (tertiary/aromatic N) is 1. The van der Waals surface area contributed by atoms with E-state index in [0.717, 1.165) is 31.5 Å². The van der Waals surface area contributed by atoms with E-state index in [2.05, 4.69) is 65.6 Å². The van der Waals surface area contributed by atoms with Crippen molar-refractivity contribution in [2.24, 2.45) is 5.92 Å². The molecule has 0 bridgehead atoms. The molecule has 2 fully saturated rings. The minimum absolute atomic E-state index is 0.0270. The van der Waals surface area contributed by atoms with Gasteiger partial charge >= 0.3 is 5.97 Å². The molecule has 6 nitrogen and oxygen atoms in total. The molecule has 218 valence electrons. The number of ether oxygens (including phenoxy) is 3. The van der Waals surface area contributed by atoms with Gasteiger partial charge in [0.25, 0.3) is 0 Å². The summed E-state index contributed by atoms with van der Waals surface area (Å²) in [6, 6.07) is 19.2. The predicted molar refractivity (Wildman–Crippen MR) is 159 cm³/mol. The van der Waals surface area contributed by atoms with Crippen molar-refractivity contribution in [3.05, 3.63) is 72.3 Å². The van der Waals surface area contributed by atoms with Crippen molar-refractivity contribution in [1.82, 2.24) is 4.90 Å². The second-order valence-electron chi connectivity index (χ2n) is 11.1. The lowest BCUT2D eigenvalue weighted by atomic mass is 9.92. The Morgan fingerprint density at radius 3 is 2.42 bits per heavy atom. The summed E-state index contributed by atoms with van der Waals surface area (Å²) in [7, 11) is 0. The van der Waals surface area contributed by atoms with Gasteiger partial charge in [0.1, 0.15) is 0 Å². The molecule has 1 N–H and O–H groups in total. The normalized spacial score (nSPS) is 24.4. The lowest BCUT2D eigenvalue weighted by Crippen LogP contribution is -2.47. The Kier molecular flexibility index (Phi) is 12.2. The van der Waals surface area contributed by atoms with E-state index in [9.17, 15) is 9.90 Å². The molecule has 4 rings (SSSR count). The number of esters is 1. The lowest BCUT2D eigenvalue weighted by molar-refractivity contribution is -0.173. The highest BCUT2D eigenvalue weighted by Gasteiger charge is 2.45. The number of piperidine rings is 1. The Hall–Kier alpha value is -2.51. The maximum atomic E-state index is 12.0. The van der Waals surface area contributed by atoms with Crippen LogP contribution in [-0.4, -0.2) is 60.2 Å². The van der Waals surface area contributed by atoms with Crippen LogP contribution in [0.25, 0.3) is 11.1 Å². The number of likely N-dealkylation sites (tertiary alicyclic amines) is 1. The van der Waals surface area contributed by atoms with Crippen molar-refractivity contribution in [2.75, 3.05) is 19.7 Å². The Balaban J connectivity index is 1.31. The second-order valence-corrected chi connectivity index (χ2v) is 11.1. The number of rotatable bonds is 14. The molecule has 1 saturated carbocycles. The van der Waals surface area contributed by atoms with Crippen molar-refractivity contribution < 1.29 is 24.1 Å². The van der Waals surface area contributed by atoms with Crippen LogP contribution in [-0.2, 0) is 25.6 Å². The molecule has 1 unspecified atom stereocenters. The minimum atomic E-state index is -0.499. The van der Waals surface area contributed by atoms with Crippen molar-refractivity contribution in [3.63, 3.8) is 0 Å². The molecule has 0 amide bonds. The van der Waals surface area contributed by atoms with Crippen molar-refractivity contribution in [1.29, 1.82) is 0 Å². The zero-order valence-electron chi connectivity index (χ0n) is 24.3. The van der Waals surface area contributed by atoms with E-state index in [-0.39, 0.29) is 30.1 Å². The van der Waals surface area contributed by atoms with Gasteiger partial charge < -0.3 is 19.3 Å². The van der Waals surface area contributed by atoms with E-state index in [1.54, 1.807) is 6.92 Å². The molecule has 1 heterocycles. The van der Waals surface area contributed by atoms with Gasteiger partial charge in [-0.15, -0.1) is 0 Å². The Labute approximate surface area is 240 Å². The van der Waals surface area contributed by atoms with E-state index in [1.807, 2.05) is 13.0 Å². The number of hydrogen-bond acceptors (Lipinski definition) is 6. The molecule has 0 radical (unpaired) electrons. The summed E-state index contributed by atoms with van der Waals surface area (Å²) in [6.45, 7) is 6.81. The van der Waals surface area contributed by atoms with E-state index >= 15 is 0 Å². The predicted octanol–water partition coefficient (Wildman–Crippen LogP) is 6.52. The van der Waals surface area contributed by atoms with Crippen LogP contribution >= 0.6 is 0 Å². The molecule has 2 aromatic rings. The first-order chi connectivity index (χ1) is 19.5. The van der Waals surface area contributed by atoms with Crippen LogP contribution in [0.1, 0.15) is 70.8 Å². The quantitative estimate of drug-likeness (QED) is 0.164. The van der Waals surface area contributed by atoms with Gasteiger partial charge in [0.2, 0.25) is 0 Å². The third-order valence-corrected chi connectivity index (χ3v) is 8.17. The molecule has 1 saturated heterocycles. The van der Waals surface area contributed by atoms with Gasteiger partial charge in [-0.05, 0) is 75.7 Å². The summed E-state index contributed by atoms with van der Waals surface area (Å²) >= 11 is 0. The summed E-state index contributed by atoms with van der Waals surface area (Å²) in [5.74, 6) is 0.0401. The Morgan fingerprint density at radius 1 is 1.00 bits per heavy atom. The van der Waals surface area contributed by atoms with Gasteiger partial charge in [0.15, 0.2) is 6.29 Å². The summed E-state index contributed by atoms with van der Waals surface area (Å²) in [6.07, 6.45) is 10.6. The summed E-state index contributed by atoms with van der Waals surface area (Å²) in [5, 5.41) is 11.2. The fourth-order valence-electron chi connectivity index (χ4n) is 6.20. The molecule has 0 aromatic heterocycles. The second kappa shape index (κ2) is 16.1. The first-order valence-electron chi connectivity index (χ1n) is 15.2. The van der Waals surface area contributed by atoms with Crippen molar-refractivity contribution >= 4 is 5.97 Å². The molecule has 5 atom stereocenters. The minimum Gasteiger partial charge on any atom is -0.436 e. The smallest absolute Gasteiger partial charge is 0.308 e. The Bertz CT molecular complexity index is 1030. The first-order valence-corrected chi connectivity index (χ1v) is 15.2. The molecule has 0 spiro atoms. The van der Waals surface area contributed by atoms with Gasteiger partial charge in [0.05, 0.1) is 18.8 Å². The molecule has 6 heteroatoms. The number of carbonyl (C=O) groups excluding carboxylic acids is 1. The zero-order chi connectivity index (χ0) is 28.2.